The lowest BCUT2D eigenvalue weighted by Gasteiger charge is -2.23. The van der Waals surface area contributed by atoms with E-state index in [9.17, 15) is 19.3 Å². The van der Waals surface area contributed by atoms with Crippen molar-refractivity contribution in [1.82, 2.24) is 10.6 Å². The summed E-state index contributed by atoms with van der Waals surface area (Å²) in [6.07, 6.45) is 1.75. The predicted molar refractivity (Wildman–Crippen MR) is 66.4 cm³/mol. The molecular formula is C12H14FN3O3. The molecule has 1 aromatic carbocycles. The van der Waals surface area contributed by atoms with Crippen LogP contribution >= 0.6 is 0 Å². The molecule has 0 radical (unpaired) electrons. The summed E-state index contributed by atoms with van der Waals surface area (Å²) in [5.74, 6) is -1.37. The van der Waals surface area contributed by atoms with E-state index in [1.54, 1.807) is 0 Å². The van der Waals surface area contributed by atoms with Crippen LogP contribution in [-0.4, -0.2) is 30.0 Å². The highest BCUT2D eigenvalue weighted by Gasteiger charge is 2.20. The van der Waals surface area contributed by atoms with Crippen LogP contribution in [-0.2, 0) is 0 Å². The van der Waals surface area contributed by atoms with Crippen molar-refractivity contribution < 1.29 is 14.1 Å². The van der Waals surface area contributed by atoms with Gasteiger partial charge in [0.25, 0.3) is 11.6 Å². The van der Waals surface area contributed by atoms with Gasteiger partial charge in [-0.05, 0) is 25.5 Å². The van der Waals surface area contributed by atoms with Gasteiger partial charge in [0.15, 0.2) is 0 Å². The van der Waals surface area contributed by atoms with Crippen LogP contribution < -0.4 is 10.6 Å². The zero-order valence-electron chi connectivity index (χ0n) is 10.2. The van der Waals surface area contributed by atoms with Crippen molar-refractivity contribution >= 4 is 11.6 Å². The van der Waals surface area contributed by atoms with Gasteiger partial charge >= 0.3 is 0 Å². The molecule has 2 N–H and O–H groups in total. The molecule has 1 heterocycles. The van der Waals surface area contributed by atoms with Crippen LogP contribution in [0.15, 0.2) is 18.2 Å². The minimum Gasteiger partial charge on any atom is -0.348 e. The molecule has 0 saturated carbocycles. The number of nitrogens with zero attached hydrogens (tertiary/aromatic N) is 1. The number of halogens is 1. The van der Waals surface area contributed by atoms with Crippen LogP contribution in [0.5, 0.6) is 0 Å². The first kappa shape index (κ1) is 13.4. The Bertz CT molecular complexity index is 501. The zero-order chi connectivity index (χ0) is 13.8. The first-order valence-electron chi connectivity index (χ1n) is 6.03. The maximum absolute atomic E-state index is 13.5. The Morgan fingerprint density at radius 1 is 1.53 bits per heavy atom. The number of hydrogen-bond donors (Lipinski definition) is 2. The first-order chi connectivity index (χ1) is 9.08. The van der Waals surface area contributed by atoms with Gasteiger partial charge in [-0.25, -0.2) is 4.39 Å². The molecule has 1 aliphatic rings. The molecule has 0 bridgehead atoms. The number of hydrogen-bond acceptors (Lipinski definition) is 4. The molecule has 1 saturated heterocycles. The third-order valence-electron chi connectivity index (χ3n) is 3.04. The number of carbonyl (C=O) groups excluding carboxylic acids is 1. The summed E-state index contributed by atoms with van der Waals surface area (Å²) in [7, 11) is 0. The van der Waals surface area contributed by atoms with Gasteiger partial charge in [0.2, 0.25) is 0 Å². The van der Waals surface area contributed by atoms with Gasteiger partial charge in [0, 0.05) is 24.7 Å². The highest BCUT2D eigenvalue weighted by Crippen LogP contribution is 2.17. The van der Waals surface area contributed by atoms with E-state index in [2.05, 4.69) is 10.6 Å². The molecule has 1 amide bonds. The molecule has 2 rings (SSSR count). The number of benzene rings is 1. The number of carbonyl (C=O) groups is 1. The quantitative estimate of drug-likeness (QED) is 0.637. The zero-order valence-corrected chi connectivity index (χ0v) is 10.2. The SMILES string of the molecule is O=C(N[C@H]1CCCNC1)c1cc([N+](=O)[O-])ccc1F. The van der Waals surface area contributed by atoms with Crippen LogP contribution in [0.3, 0.4) is 0 Å². The lowest BCUT2D eigenvalue weighted by molar-refractivity contribution is -0.384. The van der Waals surface area contributed by atoms with Gasteiger partial charge < -0.3 is 10.6 Å². The number of nitro groups is 1. The van der Waals surface area contributed by atoms with Crippen molar-refractivity contribution in [3.8, 4) is 0 Å². The summed E-state index contributed by atoms with van der Waals surface area (Å²) in [5, 5.41) is 16.4. The molecule has 0 aromatic heterocycles. The molecule has 0 aliphatic carbocycles. The Hall–Kier alpha value is -2.02. The maximum atomic E-state index is 13.5. The van der Waals surface area contributed by atoms with Crippen LogP contribution in [0, 0.1) is 15.9 Å². The summed E-state index contributed by atoms with van der Waals surface area (Å²) < 4.78 is 13.5. The normalized spacial score (nSPS) is 18.9. The fourth-order valence-electron chi connectivity index (χ4n) is 2.04. The summed E-state index contributed by atoms with van der Waals surface area (Å²) in [4.78, 5) is 21.9. The minimum atomic E-state index is -0.758. The molecule has 6 nitrogen and oxygen atoms in total. The fraction of sp³-hybridized carbons (Fsp3) is 0.417. The van der Waals surface area contributed by atoms with Crippen molar-refractivity contribution in [2.45, 2.75) is 18.9 Å². The van der Waals surface area contributed by atoms with E-state index in [4.69, 9.17) is 0 Å². The average Bonchev–Trinajstić information content (AvgIpc) is 2.40. The second-order valence-electron chi connectivity index (χ2n) is 4.44. The smallest absolute Gasteiger partial charge is 0.270 e. The van der Waals surface area contributed by atoms with Gasteiger partial charge in [-0.1, -0.05) is 0 Å². The van der Waals surface area contributed by atoms with E-state index in [0.29, 0.717) is 6.54 Å². The van der Waals surface area contributed by atoms with E-state index < -0.39 is 16.6 Å². The molecule has 102 valence electrons. The Morgan fingerprint density at radius 3 is 2.95 bits per heavy atom. The van der Waals surface area contributed by atoms with E-state index in [1.165, 1.54) is 0 Å². The highest BCUT2D eigenvalue weighted by molar-refractivity contribution is 5.95. The fourth-order valence-corrected chi connectivity index (χ4v) is 2.04. The van der Waals surface area contributed by atoms with Crippen molar-refractivity contribution in [3.05, 3.63) is 39.7 Å². The lowest BCUT2D eigenvalue weighted by atomic mass is 10.1. The molecule has 0 spiro atoms. The standard InChI is InChI=1S/C12H14FN3O3/c13-11-4-3-9(16(18)19)6-10(11)12(17)15-8-2-1-5-14-7-8/h3-4,6,8,14H,1-2,5,7H2,(H,15,17)/t8-/m0/s1. The lowest BCUT2D eigenvalue weighted by Crippen LogP contribution is -2.45. The number of piperidine rings is 1. The summed E-state index contributed by atoms with van der Waals surface area (Å²) in [6, 6.07) is 2.86. The van der Waals surface area contributed by atoms with Crippen molar-refractivity contribution in [2.75, 3.05) is 13.1 Å². The topological polar surface area (TPSA) is 84.3 Å². The van der Waals surface area contributed by atoms with Crippen LogP contribution in [0.4, 0.5) is 10.1 Å². The van der Waals surface area contributed by atoms with Crippen LogP contribution in [0.1, 0.15) is 23.2 Å². The Labute approximate surface area is 109 Å². The average molecular weight is 267 g/mol. The number of non-ortho nitro benzene ring substituents is 1. The summed E-state index contributed by atoms with van der Waals surface area (Å²) in [6.45, 7) is 1.53. The molecule has 1 aromatic rings. The van der Waals surface area contributed by atoms with Gasteiger partial charge in [-0.2, -0.15) is 0 Å². The van der Waals surface area contributed by atoms with E-state index in [1.807, 2.05) is 0 Å². The van der Waals surface area contributed by atoms with E-state index in [0.717, 1.165) is 37.6 Å². The third kappa shape index (κ3) is 3.25. The number of amides is 1. The second kappa shape index (κ2) is 5.75. The van der Waals surface area contributed by atoms with Crippen LogP contribution in [0.25, 0.3) is 0 Å². The third-order valence-corrected chi connectivity index (χ3v) is 3.04. The Morgan fingerprint density at radius 2 is 2.32 bits per heavy atom. The molecule has 1 atom stereocenters. The monoisotopic (exact) mass is 267 g/mol. The molecule has 1 aliphatic heterocycles. The molecule has 1 fully saturated rings. The van der Waals surface area contributed by atoms with E-state index in [-0.39, 0.29) is 17.3 Å². The van der Waals surface area contributed by atoms with Crippen molar-refractivity contribution in [1.29, 1.82) is 0 Å². The Kier molecular flexibility index (Phi) is 4.06. The summed E-state index contributed by atoms with van der Waals surface area (Å²) in [5.41, 5.74) is -0.590. The van der Waals surface area contributed by atoms with E-state index >= 15 is 0 Å². The van der Waals surface area contributed by atoms with Gasteiger partial charge in [-0.15, -0.1) is 0 Å². The first-order valence-corrected chi connectivity index (χ1v) is 6.03. The van der Waals surface area contributed by atoms with Gasteiger partial charge in [-0.3, -0.25) is 14.9 Å². The molecular weight excluding hydrogens is 253 g/mol. The van der Waals surface area contributed by atoms with Crippen LogP contribution in [0.2, 0.25) is 0 Å². The van der Waals surface area contributed by atoms with Crippen molar-refractivity contribution in [3.63, 3.8) is 0 Å². The van der Waals surface area contributed by atoms with Gasteiger partial charge in [0.05, 0.1) is 10.5 Å². The number of nitro benzene ring substituents is 1. The van der Waals surface area contributed by atoms with Gasteiger partial charge in [0.1, 0.15) is 5.82 Å². The minimum absolute atomic E-state index is 0.0695. The molecule has 7 heteroatoms. The number of rotatable bonds is 3. The molecule has 19 heavy (non-hydrogen) atoms. The second-order valence-corrected chi connectivity index (χ2v) is 4.44. The number of nitrogens with one attached hydrogen (secondary N) is 2. The maximum Gasteiger partial charge on any atom is 0.270 e. The van der Waals surface area contributed by atoms with Crippen molar-refractivity contribution in [2.24, 2.45) is 0 Å². The largest absolute Gasteiger partial charge is 0.348 e. The summed E-state index contributed by atoms with van der Waals surface area (Å²) >= 11 is 0. The highest BCUT2D eigenvalue weighted by atomic mass is 19.1. The predicted octanol–water partition coefficient (Wildman–Crippen LogP) is 1.22. The Balaban J connectivity index is 2.13. The molecule has 0 unspecified atom stereocenters.